The zero-order valence-corrected chi connectivity index (χ0v) is 24.1. The highest BCUT2D eigenvalue weighted by Crippen LogP contribution is 2.37. The molecular weight excluding hydrogens is 556 g/mol. The van der Waals surface area contributed by atoms with E-state index in [0.717, 1.165) is 5.56 Å². The van der Waals surface area contributed by atoms with Crippen LogP contribution >= 0.6 is 22.9 Å². The van der Waals surface area contributed by atoms with E-state index in [0.29, 0.717) is 44.9 Å². The molecule has 0 unspecified atom stereocenters. The molecule has 1 aromatic heterocycles. The van der Waals surface area contributed by atoms with Crippen LogP contribution in [0.3, 0.4) is 0 Å². The highest BCUT2D eigenvalue weighted by molar-refractivity contribution is 7.07. The maximum absolute atomic E-state index is 13.8. The van der Waals surface area contributed by atoms with Gasteiger partial charge in [0.15, 0.2) is 22.9 Å². The Kier molecular flexibility index (Phi) is 9.44. The summed E-state index contributed by atoms with van der Waals surface area (Å²) in [5, 5.41) is 0.206. The summed E-state index contributed by atoms with van der Waals surface area (Å²) in [7, 11) is 1.32. The molecule has 1 aliphatic rings. The number of hydrogen-bond acceptors (Lipinski definition) is 9. The van der Waals surface area contributed by atoms with Crippen LogP contribution in [0.25, 0.3) is 6.08 Å². The number of carbonyl (C=O) groups is 2. The van der Waals surface area contributed by atoms with Gasteiger partial charge in [-0.25, -0.2) is 14.6 Å². The highest BCUT2D eigenvalue weighted by atomic mass is 35.5. The van der Waals surface area contributed by atoms with Crippen molar-refractivity contribution in [1.82, 2.24) is 4.57 Å². The molecule has 9 nitrogen and oxygen atoms in total. The lowest BCUT2D eigenvalue weighted by Gasteiger charge is -2.25. The first-order chi connectivity index (χ1) is 19.3. The zero-order valence-electron chi connectivity index (χ0n) is 22.6. The van der Waals surface area contributed by atoms with Gasteiger partial charge in [0.05, 0.1) is 47.2 Å². The fourth-order valence-electron chi connectivity index (χ4n) is 4.37. The Bertz CT molecular complexity index is 1630. The van der Waals surface area contributed by atoms with E-state index in [1.54, 1.807) is 25.1 Å². The quantitative estimate of drug-likeness (QED) is 0.334. The van der Waals surface area contributed by atoms with Gasteiger partial charge in [-0.05, 0) is 49.6 Å². The molecule has 0 amide bonds. The number of rotatable bonds is 10. The van der Waals surface area contributed by atoms with Crippen molar-refractivity contribution in [3.63, 3.8) is 0 Å². The maximum atomic E-state index is 13.8. The van der Waals surface area contributed by atoms with Crippen LogP contribution in [0.15, 0.2) is 63.5 Å². The van der Waals surface area contributed by atoms with Gasteiger partial charge in [-0.2, -0.15) is 0 Å². The Morgan fingerprint density at radius 2 is 1.85 bits per heavy atom. The van der Waals surface area contributed by atoms with Crippen molar-refractivity contribution in [1.29, 1.82) is 0 Å². The SMILES string of the molecule is CCOC(=O)COc1c(Cl)cc(/C=c2\sc3n(c2=O)[C@@H](c2ccccc2)C(C(=O)OC)=C(CC)N=3)cc1OCC. The molecule has 0 radical (unpaired) electrons. The first-order valence-corrected chi connectivity index (χ1v) is 13.9. The number of halogens is 1. The summed E-state index contributed by atoms with van der Waals surface area (Å²) in [6, 6.07) is 11.9. The summed E-state index contributed by atoms with van der Waals surface area (Å²) in [4.78, 5) is 43.7. The van der Waals surface area contributed by atoms with Crippen LogP contribution in [0.1, 0.15) is 44.4 Å². The normalized spacial score (nSPS) is 14.8. The predicted octanol–water partition coefficient (Wildman–Crippen LogP) is 3.79. The third-order valence-electron chi connectivity index (χ3n) is 6.03. The average molecular weight is 585 g/mol. The molecular formula is C29H29ClN2O7S. The van der Waals surface area contributed by atoms with E-state index in [1.165, 1.54) is 23.0 Å². The predicted molar refractivity (Wildman–Crippen MR) is 152 cm³/mol. The zero-order chi connectivity index (χ0) is 28.8. The average Bonchev–Trinajstić information content (AvgIpc) is 3.26. The molecule has 1 atom stereocenters. The third kappa shape index (κ3) is 5.97. The monoisotopic (exact) mass is 584 g/mol. The molecule has 0 N–H and O–H groups in total. The van der Waals surface area contributed by atoms with Gasteiger partial charge in [0.2, 0.25) is 0 Å². The first-order valence-electron chi connectivity index (χ1n) is 12.8. The number of esters is 2. The Balaban J connectivity index is 1.84. The number of thiazole rings is 1. The van der Waals surface area contributed by atoms with E-state index in [1.807, 2.05) is 44.2 Å². The molecule has 0 saturated carbocycles. The minimum absolute atomic E-state index is 0.203. The van der Waals surface area contributed by atoms with Gasteiger partial charge in [0.25, 0.3) is 5.56 Å². The fourth-order valence-corrected chi connectivity index (χ4v) is 5.67. The van der Waals surface area contributed by atoms with E-state index in [4.69, 9.17) is 30.5 Å². The second-order valence-corrected chi connectivity index (χ2v) is 9.97. The van der Waals surface area contributed by atoms with E-state index in [2.05, 4.69) is 4.99 Å². The number of hydrogen-bond donors (Lipinski definition) is 0. The molecule has 3 aromatic rings. The van der Waals surface area contributed by atoms with Crippen LogP contribution in [0.4, 0.5) is 0 Å². The fraction of sp³-hybridized carbons (Fsp3) is 0.310. The molecule has 0 bridgehead atoms. The summed E-state index contributed by atoms with van der Waals surface area (Å²) in [5.41, 5.74) is 1.94. The van der Waals surface area contributed by atoms with Crippen molar-refractivity contribution in [3.05, 3.63) is 89.6 Å². The molecule has 0 spiro atoms. The number of nitrogens with zero attached hydrogens (tertiary/aromatic N) is 2. The minimum atomic E-state index is -0.691. The lowest BCUT2D eigenvalue weighted by Crippen LogP contribution is -2.40. The van der Waals surface area contributed by atoms with Gasteiger partial charge in [0.1, 0.15) is 0 Å². The largest absolute Gasteiger partial charge is 0.490 e. The van der Waals surface area contributed by atoms with Gasteiger partial charge in [-0.1, -0.05) is 60.2 Å². The Morgan fingerprint density at radius 3 is 2.50 bits per heavy atom. The smallest absolute Gasteiger partial charge is 0.344 e. The third-order valence-corrected chi connectivity index (χ3v) is 7.30. The van der Waals surface area contributed by atoms with Crippen molar-refractivity contribution in [2.75, 3.05) is 26.9 Å². The molecule has 2 heterocycles. The Morgan fingerprint density at radius 1 is 1.10 bits per heavy atom. The van der Waals surface area contributed by atoms with Crippen LogP contribution in [0.5, 0.6) is 11.5 Å². The molecule has 11 heteroatoms. The summed E-state index contributed by atoms with van der Waals surface area (Å²) in [6.45, 7) is 5.65. The molecule has 2 aromatic carbocycles. The van der Waals surface area contributed by atoms with Crippen LogP contribution in [-0.2, 0) is 19.1 Å². The van der Waals surface area contributed by atoms with Gasteiger partial charge < -0.3 is 18.9 Å². The van der Waals surface area contributed by atoms with Gasteiger partial charge >= 0.3 is 11.9 Å². The van der Waals surface area contributed by atoms with E-state index in [-0.39, 0.29) is 29.5 Å². The second-order valence-electron chi connectivity index (χ2n) is 8.56. The molecule has 1 aliphatic heterocycles. The van der Waals surface area contributed by atoms with Crippen molar-refractivity contribution < 1.29 is 28.5 Å². The lowest BCUT2D eigenvalue weighted by atomic mass is 9.95. The standard InChI is InChI=1S/C29H29ClN2O7S/c1-5-20-24(28(35)36-4)25(18-11-9-8-10-12-18)32-27(34)22(40-29(32)31-20)15-17-13-19(30)26(21(14-17)37-6-2)39-16-23(33)38-7-3/h8-15,25H,5-7,16H2,1-4H3/b22-15-/t25-/m0/s1. The molecule has 0 aliphatic carbocycles. The topological polar surface area (TPSA) is 105 Å². The molecule has 0 saturated heterocycles. The van der Waals surface area contributed by atoms with Crippen LogP contribution in [0, 0.1) is 0 Å². The summed E-state index contributed by atoms with van der Waals surface area (Å²) in [5.74, 6) is -0.538. The molecule has 40 heavy (non-hydrogen) atoms. The summed E-state index contributed by atoms with van der Waals surface area (Å²) < 4.78 is 23.2. The van der Waals surface area contributed by atoms with E-state index in [9.17, 15) is 14.4 Å². The van der Waals surface area contributed by atoms with Crippen LogP contribution < -0.4 is 24.4 Å². The number of carbonyl (C=O) groups excluding carboxylic acids is 2. The summed E-state index contributed by atoms with van der Waals surface area (Å²) >= 11 is 7.73. The number of fused-ring (bicyclic) bond motifs is 1. The second kappa shape index (κ2) is 13.0. The van der Waals surface area contributed by atoms with Crippen LogP contribution in [0.2, 0.25) is 5.02 Å². The molecule has 0 fully saturated rings. The molecule has 4 rings (SSSR count). The van der Waals surface area contributed by atoms with Gasteiger partial charge in [-0.3, -0.25) is 9.36 Å². The number of aromatic nitrogens is 1. The van der Waals surface area contributed by atoms with Gasteiger partial charge in [-0.15, -0.1) is 0 Å². The van der Waals surface area contributed by atoms with Crippen molar-refractivity contribution >= 4 is 41.0 Å². The number of allylic oxidation sites excluding steroid dienone is 1. The van der Waals surface area contributed by atoms with E-state index >= 15 is 0 Å². The van der Waals surface area contributed by atoms with Crippen molar-refractivity contribution in [2.24, 2.45) is 4.99 Å². The summed E-state index contributed by atoms with van der Waals surface area (Å²) in [6.07, 6.45) is 2.17. The maximum Gasteiger partial charge on any atom is 0.344 e. The van der Waals surface area contributed by atoms with Crippen molar-refractivity contribution in [3.8, 4) is 11.5 Å². The van der Waals surface area contributed by atoms with Crippen LogP contribution in [-0.4, -0.2) is 43.4 Å². The molecule has 210 valence electrons. The highest BCUT2D eigenvalue weighted by Gasteiger charge is 2.33. The number of benzene rings is 2. The Labute approximate surface area is 239 Å². The van der Waals surface area contributed by atoms with Crippen molar-refractivity contribution in [2.45, 2.75) is 33.2 Å². The van der Waals surface area contributed by atoms with Gasteiger partial charge in [0, 0.05) is 0 Å². The first kappa shape index (κ1) is 29.1. The lowest BCUT2D eigenvalue weighted by molar-refractivity contribution is -0.145. The Hall–Kier alpha value is -3.89. The number of methoxy groups -OCH3 is 1. The minimum Gasteiger partial charge on any atom is -0.490 e. The van der Waals surface area contributed by atoms with E-state index < -0.39 is 18.0 Å². The number of ether oxygens (including phenoxy) is 4.